The third-order valence-electron chi connectivity index (χ3n) is 7.13. The number of fused-ring (bicyclic) bond motifs is 3. The molecule has 0 saturated carbocycles. The van der Waals surface area contributed by atoms with E-state index in [1.54, 1.807) is 0 Å². The lowest BCUT2D eigenvalue weighted by atomic mass is 9.78. The summed E-state index contributed by atoms with van der Waals surface area (Å²) in [6.45, 7) is 4.71. The Bertz CT molecular complexity index is 1490. The Morgan fingerprint density at radius 3 is 1.71 bits per heavy atom. The van der Waals surface area contributed by atoms with Crippen LogP contribution in [0.1, 0.15) is 25.0 Å². The molecule has 0 atom stereocenters. The molecule has 5 aromatic carbocycles. The molecule has 1 heteroatoms. The zero-order chi connectivity index (χ0) is 23.3. The van der Waals surface area contributed by atoms with Gasteiger partial charge in [-0.25, -0.2) is 0 Å². The normalized spacial score (nSPS) is 13.4. The summed E-state index contributed by atoms with van der Waals surface area (Å²) in [7, 11) is 0. The van der Waals surface area contributed by atoms with Crippen LogP contribution in [-0.2, 0) is 5.41 Å². The molecule has 0 N–H and O–H groups in total. The molecule has 5 aromatic rings. The van der Waals surface area contributed by atoms with Crippen LogP contribution >= 0.6 is 15.9 Å². The third kappa shape index (κ3) is 3.43. The highest BCUT2D eigenvalue weighted by molar-refractivity contribution is 9.10. The van der Waals surface area contributed by atoms with Gasteiger partial charge in [0, 0.05) is 9.89 Å². The summed E-state index contributed by atoms with van der Waals surface area (Å²) in [5, 5.41) is 0. The van der Waals surface area contributed by atoms with Crippen molar-refractivity contribution < 1.29 is 0 Å². The summed E-state index contributed by atoms with van der Waals surface area (Å²) in [6, 6.07) is 41.9. The number of hydrogen-bond donors (Lipinski definition) is 0. The van der Waals surface area contributed by atoms with Crippen molar-refractivity contribution in [2.75, 3.05) is 0 Å². The van der Waals surface area contributed by atoms with E-state index in [9.17, 15) is 0 Å². The molecule has 0 aliphatic heterocycles. The summed E-state index contributed by atoms with van der Waals surface area (Å²) in [6.07, 6.45) is 0. The van der Waals surface area contributed by atoms with Gasteiger partial charge < -0.3 is 0 Å². The lowest BCUT2D eigenvalue weighted by molar-refractivity contribution is 0.662. The molecule has 6 rings (SSSR count). The van der Waals surface area contributed by atoms with E-state index in [0.717, 1.165) is 4.47 Å². The predicted molar refractivity (Wildman–Crippen MR) is 148 cm³/mol. The lowest BCUT2D eigenvalue weighted by Gasteiger charge is -2.25. The van der Waals surface area contributed by atoms with E-state index in [1.165, 1.54) is 55.6 Å². The summed E-state index contributed by atoms with van der Waals surface area (Å²) in [4.78, 5) is 0. The molecule has 0 radical (unpaired) electrons. The Morgan fingerprint density at radius 2 is 1.00 bits per heavy atom. The van der Waals surface area contributed by atoms with Gasteiger partial charge in [0.1, 0.15) is 0 Å². The van der Waals surface area contributed by atoms with Crippen LogP contribution in [0.5, 0.6) is 0 Å². The number of halogens is 1. The fourth-order valence-electron chi connectivity index (χ4n) is 5.44. The van der Waals surface area contributed by atoms with Gasteiger partial charge in [0.15, 0.2) is 0 Å². The largest absolute Gasteiger partial charge is 0.0622 e. The van der Waals surface area contributed by atoms with Crippen molar-refractivity contribution in [3.63, 3.8) is 0 Å². The van der Waals surface area contributed by atoms with Crippen molar-refractivity contribution >= 4 is 15.9 Å². The van der Waals surface area contributed by atoms with Gasteiger partial charge in [-0.2, -0.15) is 0 Å². The first kappa shape index (κ1) is 21.1. The zero-order valence-corrected chi connectivity index (χ0v) is 20.9. The van der Waals surface area contributed by atoms with Crippen molar-refractivity contribution in [1.82, 2.24) is 0 Å². The predicted octanol–water partition coefficient (Wildman–Crippen LogP) is 9.76. The van der Waals surface area contributed by atoms with Gasteiger partial charge in [-0.05, 0) is 79.9 Å². The first-order valence-corrected chi connectivity index (χ1v) is 12.5. The van der Waals surface area contributed by atoms with Crippen LogP contribution in [0.25, 0.3) is 44.5 Å². The van der Waals surface area contributed by atoms with Gasteiger partial charge in [-0.15, -0.1) is 0 Å². The van der Waals surface area contributed by atoms with Crippen LogP contribution in [0.15, 0.2) is 120 Å². The summed E-state index contributed by atoms with van der Waals surface area (Å²) < 4.78 is 1.10. The smallest absolute Gasteiger partial charge is 0.0175 e. The molecular weight excluding hydrogens is 476 g/mol. The molecular formula is C33H25Br. The molecule has 1 aliphatic carbocycles. The van der Waals surface area contributed by atoms with Gasteiger partial charge in [0.25, 0.3) is 0 Å². The van der Waals surface area contributed by atoms with E-state index in [4.69, 9.17) is 0 Å². The van der Waals surface area contributed by atoms with E-state index in [1.807, 2.05) is 0 Å². The first-order valence-electron chi connectivity index (χ1n) is 11.7. The molecule has 0 amide bonds. The van der Waals surface area contributed by atoms with E-state index in [2.05, 4.69) is 145 Å². The average Bonchev–Trinajstić information content (AvgIpc) is 3.12. The van der Waals surface area contributed by atoms with Gasteiger partial charge in [0.05, 0.1) is 0 Å². The van der Waals surface area contributed by atoms with Gasteiger partial charge >= 0.3 is 0 Å². The summed E-state index contributed by atoms with van der Waals surface area (Å²) >= 11 is 3.60. The number of rotatable bonds is 3. The minimum atomic E-state index is -0.0516. The molecule has 0 heterocycles. The molecule has 0 aromatic heterocycles. The minimum Gasteiger partial charge on any atom is -0.0622 e. The quantitative estimate of drug-likeness (QED) is 0.231. The maximum Gasteiger partial charge on any atom is 0.0175 e. The zero-order valence-electron chi connectivity index (χ0n) is 19.3. The Hall–Kier alpha value is -3.42. The minimum absolute atomic E-state index is 0.0516. The number of hydrogen-bond acceptors (Lipinski definition) is 0. The fourth-order valence-corrected chi connectivity index (χ4v) is 5.70. The maximum absolute atomic E-state index is 3.60. The Kier molecular flexibility index (Phi) is 5.04. The Morgan fingerprint density at radius 1 is 0.471 bits per heavy atom. The van der Waals surface area contributed by atoms with Crippen molar-refractivity contribution in [3.8, 4) is 44.5 Å². The van der Waals surface area contributed by atoms with Crippen LogP contribution in [0, 0.1) is 0 Å². The summed E-state index contributed by atoms with van der Waals surface area (Å²) in [5.74, 6) is 0. The highest BCUT2D eigenvalue weighted by Gasteiger charge is 2.37. The maximum atomic E-state index is 3.60. The SMILES string of the molecule is CC1(C)c2ccccc2-c2cc(-c3ccc(-c4ccccc4)cc3)cc(-c3ccc(Br)cc3)c21. The highest BCUT2D eigenvalue weighted by atomic mass is 79.9. The Labute approximate surface area is 210 Å². The van der Waals surface area contributed by atoms with Crippen molar-refractivity contribution in [2.45, 2.75) is 19.3 Å². The van der Waals surface area contributed by atoms with Crippen LogP contribution in [0.2, 0.25) is 0 Å². The second kappa shape index (κ2) is 8.11. The molecule has 0 fully saturated rings. The molecule has 0 saturated heterocycles. The second-order valence-corrected chi connectivity index (χ2v) is 10.5. The van der Waals surface area contributed by atoms with Gasteiger partial charge in [0.2, 0.25) is 0 Å². The molecule has 164 valence electrons. The van der Waals surface area contributed by atoms with E-state index in [-0.39, 0.29) is 5.41 Å². The monoisotopic (exact) mass is 500 g/mol. The second-order valence-electron chi connectivity index (χ2n) is 9.57. The molecule has 1 aliphatic rings. The molecule has 0 unspecified atom stereocenters. The average molecular weight is 501 g/mol. The van der Waals surface area contributed by atoms with Gasteiger partial charge in [-0.1, -0.05) is 121 Å². The van der Waals surface area contributed by atoms with Crippen LogP contribution < -0.4 is 0 Å². The topological polar surface area (TPSA) is 0 Å². The van der Waals surface area contributed by atoms with Gasteiger partial charge in [-0.3, -0.25) is 0 Å². The highest BCUT2D eigenvalue weighted by Crippen LogP contribution is 2.53. The number of benzene rings is 5. The first-order chi connectivity index (χ1) is 16.5. The van der Waals surface area contributed by atoms with Crippen molar-refractivity contribution in [3.05, 3.63) is 131 Å². The molecule has 0 nitrogen and oxygen atoms in total. The van der Waals surface area contributed by atoms with E-state index in [0.29, 0.717) is 0 Å². The van der Waals surface area contributed by atoms with E-state index >= 15 is 0 Å². The molecule has 0 spiro atoms. The van der Waals surface area contributed by atoms with Crippen molar-refractivity contribution in [1.29, 1.82) is 0 Å². The van der Waals surface area contributed by atoms with Crippen LogP contribution in [-0.4, -0.2) is 0 Å². The van der Waals surface area contributed by atoms with Crippen LogP contribution in [0.4, 0.5) is 0 Å². The standard InChI is InChI=1S/C33H25Br/c1-33(2)31-11-7-6-10-28(31)30-21-26(20-29(32(30)33)25-16-18-27(34)19-17-25)24-14-12-23(13-15-24)22-8-4-3-5-9-22/h3-21H,1-2H3. The van der Waals surface area contributed by atoms with E-state index < -0.39 is 0 Å². The molecule has 0 bridgehead atoms. The summed E-state index contributed by atoms with van der Waals surface area (Å²) in [5.41, 5.74) is 13.0. The van der Waals surface area contributed by atoms with Crippen molar-refractivity contribution in [2.24, 2.45) is 0 Å². The Balaban J connectivity index is 1.56. The van der Waals surface area contributed by atoms with Crippen LogP contribution in [0.3, 0.4) is 0 Å². The fraction of sp³-hybridized carbons (Fsp3) is 0.0909. The molecule has 34 heavy (non-hydrogen) atoms. The lowest BCUT2D eigenvalue weighted by Crippen LogP contribution is -2.16. The third-order valence-corrected chi connectivity index (χ3v) is 7.66.